The lowest BCUT2D eigenvalue weighted by Gasteiger charge is -2.08. The first kappa shape index (κ1) is 10.4. The maximum Gasteiger partial charge on any atom is 0.355 e. The van der Waals surface area contributed by atoms with Gasteiger partial charge >= 0.3 is 5.97 Å². The summed E-state index contributed by atoms with van der Waals surface area (Å²) in [5.74, 6) is -0.989. The highest BCUT2D eigenvalue weighted by molar-refractivity contribution is 7.13. The number of rotatable bonds is 4. The Balaban J connectivity index is 1.84. The van der Waals surface area contributed by atoms with Gasteiger partial charge in [-0.05, 0) is 12.8 Å². The Hall–Kier alpha value is -1.14. The van der Waals surface area contributed by atoms with Crippen LogP contribution >= 0.6 is 11.3 Å². The zero-order valence-corrected chi connectivity index (χ0v) is 8.92. The van der Waals surface area contributed by atoms with E-state index in [4.69, 9.17) is 9.84 Å². The number of anilines is 1. The minimum atomic E-state index is -0.989. The molecule has 0 aromatic carbocycles. The normalized spacial score (nSPS) is 20.4. The molecule has 1 saturated heterocycles. The molecule has 1 atom stereocenters. The average Bonchev–Trinajstić information content (AvgIpc) is 2.86. The number of ether oxygens (including phenoxy) is 1. The van der Waals surface area contributed by atoms with Crippen LogP contribution in [0.1, 0.15) is 23.3 Å². The number of carboxylic acid groups (broad SMARTS) is 1. The van der Waals surface area contributed by atoms with Crippen LogP contribution in [0.2, 0.25) is 0 Å². The lowest BCUT2D eigenvalue weighted by atomic mass is 10.2. The van der Waals surface area contributed by atoms with Crippen LogP contribution in [0.5, 0.6) is 0 Å². The van der Waals surface area contributed by atoms with Gasteiger partial charge in [0, 0.05) is 18.5 Å². The Kier molecular flexibility index (Phi) is 3.17. The van der Waals surface area contributed by atoms with Crippen LogP contribution in [-0.4, -0.2) is 35.3 Å². The van der Waals surface area contributed by atoms with Crippen molar-refractivity contribution in [3.05, 3.63) is 11.1 Å². The maximum absolute atomic E-state index is 10.6. The summed E-state index contributed by atoms with van der Waals surface area (Å²) >= 11 is 1.30. The molecule has 1 aliphatic heterocycles. The fourth-order valence-corrected chi connectivity index (χ4v) is 2.15. The molecule has 15 heavy (non-hydrogen) atoms. The second-order valence-electron chi connectivity index (χ2n) is 3.36. The van der Waals surface area contributed by atoms with E-state index in [1.54, 1.807) is 0 Å². The molecule has 0 bridgehead atoms. The Morgan fingerprint density at radius 3 is 3.27 bits per heavy atom. The van der Waals surface area contributed by atoms with Crippen molar-refractivity contribution in [2.24, 2.45) is 0 Å². The average molecular weight is 228 g/mol. The van der Waals surface area contributed by atoms with Gasteiger partial charge in [0.15, 0.2) is 10.8 Å². The molecule has 2 N–H and O–H groups in total. The summed E-state index contributed by atoms with van der Waals surface area (Å²) in [6, 6.07) is 0. The molecule has 0 saturated carbocycles. The molecule has 0 amide bonds. The number of aromatic carboxylic acids is 1. The van der Waals surface area contributed by atoms with Gasteiger partial charge in [-0.2, -0.15) is 0 Å². The van der Waals surface area contributed by atoms with E-state index >= 15 is 0 Å². The SMILES string of the molecule is O=C(O)c1csc(NC[C@@H]2CCCO2)n1. The fourth-order valence-electron chi connectivity index (χ4n) is 1.46. The van der Waals surface area contributed by atoms with E-state index in [0.29, 0.717) is 11.7 Å². The first-order valence-corrected chi connectivity index (χ1v) is 5.68. The highest BCUT2D eigenvalue weighted by Crippen LogP contribution is 2.17. The van der Waals surface area contributed by atoms with Crippen LogP contribution < -0.4 is 5.32 Å². The van der Waals surface area contributed by atoms with Gasteiger partial charge in [0.1, 0.15) is 0 Å². The van der Waals surface area contributed by atoms with Crippen LogP contribution in [0.15, 0.2) is 5.38 Å². The predicted octanol–water partition coefficient (Wildman–Crippen LogP) is 1.43. The van der Waals surface area contributed by atoms with E-state index in [1.807, 2.05) is 0 Å². The zero-order valence-electron chi connectivity index (χ0n) is 8.10. The number of nitrogens with zero attached hydrogens (tertiary/aromatic N) is 1. The molecule has 0 radical (unpaired) electrons. The second-order valence-corrected chi connectivity index (χ2v) is 4.22. The largest absolute Gasteiger partial charge is 0.476 e. The molecule has 2 heterocycles. The Bertz CT molecular complexity index is 347. The molecule has 1 fully saturated rings. The lowest BCUT2D eigenvalue weighted by Crippen LogP contribution is -2.18. The predicted molar refractivity (Wildman–Crippen MR) is 56.5 cm³/mol. The van der Waals surface area contributed by atoms with Gasteiger partial charge in [0.2, 0.25) is 0 Å². The third kappa shape index (κ3) is 2.66. The lowest BCUT2D eigenvalue weighted by molar-refractivity contribution is 0.0691. The van der Waals surface area contributed by atoms with Crippen LogP contribution in [0.3, 0.4) is 0 Å². The van der Waals surface area contributed by atoms with Crippen LogP contribution in [0.25, 0.3) is 0 Å². The third-order valence-electron chi connectivity index (χ3n) is 2.23. The van der Waals surface area contributed by atoms with Gasteiger partial charge in [-0.3, -0.25) is 0 Å². The van der Waals surface area contributed by atoms with Gasteiger partial charge in [0.25, 0.3) is 0 Å². The summed E-state index contributed by atoms with van der Waals surface area (Å²) in [6.45, 7) is 1.52. The molecule has 1 aromatic rings. The van der Waals surface area contributed by atoms with Crippen LogP contribution in [0.4, 0.5) is 5.13 Å². The van der Waals surface area contributed by atoms with Crippen LogP contribution in [0, 0.1) is 0 Å². The topological polar surface area (TPSA) is 71.5 Å². The van der Waals surface area contributed by atoms with Crippen LogP contribution in [-0.2, 0) is 4.74 Å². The van der Waals surface area contributed by atoms with Crippen molar-refractivity contribution in [2.45, 2.75) is 18.9 Å². The molecular weight excluding hydrogens is 216 g/mol. The maximum atomic E-state index is 10.6. The molecular formula is C9H12N2O3S. The van der Waals surface area contributed by atoms with Crippen molar-refractivity contribution in [1.29, 1.82) is 0 Å². The number of nitrogens with one attached hydrogen (secondary N) is 1. The molecule has 82 valence electrons. The number of thiazole rings is 1. The van der Waals surface area contributed by atoms with Crippen molar-refractivity contribution >= 4 is 22.4 Å². The van der Waals surface area contributed by atoms with Gasteiger partial charge < -0.3 is 15.2 Å². The van der Waals surface area contributed by atoms with Gasteiger partial charge in [-0.1, -0.05) is 0 Å². The van der Waals surface area contributed by atoms with Gasteiger partial charge in [0.05, 0.1) is 6.10 Å². The summed E-state index contributed by atoms with van der Waals surface area (Å²) in [4.78, 5) is 14.5. The van der Waals surface area contributed by atoms with E-state index in [9.17, 15) is 4.79 Å². The highest BCUT2D eigenvalue weighted by atomic mass is 32.1. The zero-order chi connectivity index (χ0) is 10.7. The molecule has 6 heteroatoms. The Morgan fingerprint density at radius 1 is 1.80 bits per heavy atom. The number of carboxylic acids is 1. The first-order chi connectivity index (χ1) is 7.25. The molecule has 1 aliphatic rings. The number of aromatic nitrogens is 1. The quantitative estimate of drug-likeness (QED) is 0.815. The van der Waals surface area contributed by atoms with Crippen molar-refractivity contribution in [3.8, 4) is 0 Å². The van der Waals surface area contributed by atoms with E-state index in [1.165, 1.54) is 16.7 Å². The Labute approximate surface area is 91.1 Å². The standard InChI is InChI=1S/C9H12N2O3S/c12-8(13)7-5-15-9(11-7)10-4-6-2-1-3-14-6/h5-6H,1-4H2,(H,10,11)(H,12,13)/t6-/m0/s1. The summed E-state index contributed by atoms with van der Waals surface area (Å²) in [5.41, 5.74) is 0.0924. The van der Waals surface area contributed by atoms with E-state index < -0.39 is 5.97 Å². The fraction of sp³-hybridized carbons (Fsp3) is 0.556. The number of carbonyl (C=O) groups is 1. The van der Waals surface area contributed by atoms with E-state index in [2.05, 4.69) is 10.3 Å². The second kappa shape index (κ2) is 4.59. The molecule has 0 aliphatic carbocycles. The summed E-state index contributed by atoms with van der Waals surface area (Å²) < 4.78 is 5.43. The highest BCUT2D eigenvalue weighted by Gasteiger charge is 2.16. The monoisotopic (exact) mass is 228 g/mol. The molecule has 0 unspecified atom stereocenters. The summed E-state index contributed by atoms with van der Waals surface area (Å²) in [5, 5.41) is 13.9. The van der Waals surface area contributed by atoms with Gasteiger partial charge in [-0.25, -0.2) is 9.78 Å². The van der Waals surface area contributed by atoms with Crippen molar-refractivity contribution < 1.29 is 14.6 Å². The van der Waals surface area contributed by atoms with E-state index in [-0.39, 0.29) is 11.8 Å². The molecule has 5 nitrogen and oxygen atoms in total. The Morgan fingerprint density at radius 2 is 2.67 bits per heavy atom. The molecule has 2 rings (SSSR count). The minimum absolute atomic E-state index is 0.0924. The minimum Gasteiger partial charge on any atom is -0.476 e. The molecule has 1 aromatic heterocycles. The van der Waals surface area contributed by atoms with Crippen molar-refractivity contribution in [2.75, 3.05) is 18.5 Å². The van der Waals surface area contributed by atoms with Crippen molar-refractivity contribution in [3.63, 3.8) is 0 Å². The number of hydrogen-bond acceptors (Lipinski definition) is 5. The number of hydrogen-bond donors (Lipinski definition) is 2. The summed E-state index contributed by atoms with van der Waals surface area (Å²) in [7, 11) is 0. The first-order valence-electron chi connectivity index (χ1n) is 4.80. The molecule has 0 spiro atoms. The van der Waals surface area contributed by atoms with E-state index in [0.717, 1.165) is 19.4 Å². The third-order valence-corrected chi connectivity index (χ3v) is 3.03. The van der Waals surface area contributed by atoms with Gasteiger partial charge in [-0.15, -0.1) is 11.3 Å². The summed E-state index contributed by atoms with van der Waals surface area (Å²) in [6.07, 6.45) is 2.40. The van der Waals surface area contributed by atoms with Crippen molar-refractivity contribution in [1.82, 2.24) is 4.98 Å². The smallest absolute Gasteiger partial charge is 0.355 e.